The lowest BCUT2D eigenvalue weighted by Crippen LogP contribution is -2.30. The Labute approximate surface area is 120 Å². The Morgan fingerprint density at radius 2 is 2.10 bits per heavy atom. The van der Waals surface area contributed by atoms with Crippen LogP contribution in [0.1, 0.15) is 5.76 Å². The molecule has 0 atom stereocenters. The van der Waals surface area contributed by atoms with Gasteiger partial charge in [0.2, 0.25) is 5.91 Å². The van der Waals surface area contributed by atoms with Crippen molar-refractivity contribution in [2.45, 2.75) is 6.92 Å². The molecular formula is C13H14N4O4. The third-order valence-corrected chi connectivity index (χ3v) is 2.78. The molecule has 0 saturated carbocycles. The molecule has 110 valence electrons. The van der Waals surface area contributed by atoms with Crippen molar-refractivity contribution in [1.82, 2.24) is 5.16 Å². The lowest BCUT2D eigenvalue weighted by molar-refractivity contribution is -0.384. The zero-order valence-electron chi connectivity index (χ0n) is 11.6. The number of nitro benzene ring substituents is 1. The smallest absolute Gasteiger partial charge is 0.269 e. The second-order valence-corrected chi connectivity index (χ2v) is 4.50. The number of hydrogen-bond acceptors (Lipinski definition) is 6. The number of nitro groups is 1. The fourth-order valence-corrected chi connectivity index (χ4v) is 1.74. The molecule has 0 bridgehead atoms. The van der Waals surface area contributed by atoms with Crippen LogP contribution in [0.15, 0.2) is 34.9 Å². The zero-order chi connectivity index (χ0) is 15.4. The van der Waals surface area contributed by atoms with Gasteiger partial charge in [0.05, 0.1) is 11.5 Å². The summed E-state index contributed by atoms with van der Waals surface area (Å²) >= 11 is 0. The molecule has 0 aliphatic carbocycles. The van der Waals surface area contributed by atoms with Gasteiger partial charge < -0.3 is 14.7 Å². The molecule has 0 aliphatic rings. The molecule has 1 amide bonds. The number of nitrogens with one attached hydrogen (secondary N) is 1. The number of hydrogen-bond donors (Lipinski definition) is 1. The van der Waals surface area contributed by atoms with Crippen molar-refractivity contribution in [3.05, 3.63) is 46.2 Å². The fraction of sp³-hybridized carbons (Fsp3) is 0.231. The number of anilines is 2. The van der Waals surface area contributed by atoms with Crippen LogP contribution in [0.4, 0.5) is 17.2 Å². The molecule has 21 heavy (non-hydrogen) atoms. The van der Waals surface area contributed by atoms with Crippen molar-refractivity contribution in [3.8, 4) is 0 Å². The number of amides is 1. The predicted octanol–water partition coefficient (Wildman–Crippen LogP) is 1.97. The zero-order valence-corrected chi connectivity index (χ0v) is 11.6. The van der Waals surface area contributed by atoms with Gasteiger partial charge in [-0.25, -0.2) is 0 Å². The summed E-state index contributed by atoms with van der Waals surface area (Å²) < 4.78 is 4.85. The molecule has 1 aromatic carbocycles. The minimum Gasteiger partial charge on any atom is -0.365 e. The number of aromatic nitrogens is 1. The molecule has 1 N–H and O–H groups in total. The first-order valence-corrected chi connectivity index (χ1v) is 6.14. The molecule has 0 saturated heterocycles. The van der Waals surface area contributed by atoms with Crippen LogP contribution < -0.4 is 10.2 Å². The lowest BCUT2D eigenvalue weighted by atomic mass is 10.2. The maximum absolute atomic E-state index is 11.8. The Kier molecular flexibility index (Phi) is 4.17. The topological polar surface area (TPSA) is 102 Å². The minimum atomic E-state index is -0.469. The van der Waals surface area contributed by atoms with E-state index in [4.69, 9.17) is 4.52 Å². The summed E-state index contributed by atoms with van der Waals surface area (Å²) in [4.78, 5) is 23.6. The third kappa shape index (κ3) is 3.78. The number of likely N-dealkylation sites (N-methyl/N-ethyl adjacent to an activating group) is 1. The van der Waals surface area contributed by atoms with E-state index in [1.807, 2.05) is 0 Å². The van der Waals surface area contributed by atoms with Crippen molar-refractivity contribution in [2.75, 3.05) is 23.8 Å². The number of non-ortho nitro benzene ring substituents is 1. The second kappa shape index (κ2) is 6.04. The highest BCUT2D eigenvalue weighted by Crippen LogP contribution is 2.18. The summed E-state index contributed by atoms with van der Waals surface area (Å²) in [6, 6.07) is 7.58. The molecular weight excluding hydrogens is 276 g/mol. The van der Waals surface area contributed by atoms with Crippen molar-refractivity contribution < 1.29 is 14.2 Å². The first-order valence-electron chi connectivity index (χ1n) is 6.14. The Morgan fingerprint density at radius 1 is 1.43 bits per heavy atom. The summed E-state index contributed by atoms with van der Waals surface area (Å²) in [5, 5.41) is 16.8. The van der Waals surface area contributed by atoms with Crippen LogP contribution in [0.5, 0.6) is 0 Å². The Morgan fingerprint density at radius 3 is 2.62 bits per heavy atom. The monoisotopic (exact) mass is 290 g/mol. The summed E-state index contributed by atoms with van der Waals surface area (Å²) in [5.41, 5.74) is 0.710. The molecule has 0 fully saturated rings. The summed E-state index contributed by atoms with van der Waals surface area (Å²) in [6.45, 7) is 1.81. The Balaban J connectivity index is 1.95. The summed E-state index contributed by atoms with van der Waals surface area (Å²) in [6.07, 6.45) is 0. The van der Waals surface area contributed by atoms with Gasteiger partial charge in [0.1, 0.15) is 5.76 Å². The molecule has 0 spiro atoms. The molecule has 8 nitrogen and oxygen atoms in total. The molecule has 0 unspecified atom stereocenters. The summed E-state index contributed by atoms with van der Waals surface area (Å²) in [5.74, 6) is 0.702. The highest BCUT2D eigenvalue weighted by atomic mass is 16.6. The SMILES string of the molecule is Cc1cc(NC(=O)CN(C)c2ccc([N+](=O)[O-])cc2)no1. The predicted molar refractivity (Wildman–Crippen MR) is 76.2 cm³/mol. The van der Waals surface area contributed by atoms with Gasteiger partial charge in [-0.15, -0.1) is 0 Å². The van der Waals surface area contributed by atoms with Crippen LogP contribution in [0, 0.1) is 17.0 Å². The lowest BCUT2D eigenvalue weighted by Gasteiger charge is -2.17. The average molecular weight is 290 g/mol. The molecule has 2 rings (SSSR count). The summed E-state index contributed by atoms with van der Waals surface area (Å²) in [7, 11) is 1.72. The van der Waals surface area contributed by atoms with Gasteiger partial charge in [-0.3, -0.25) is 14.9 Å². The van der Waals surface area contributed by atoms with Crippen molar-refractivity contribution >= 4 is 23.1 Å². The minimum absolute atomic E-state index is 0.00896. The van der Waals surface area contributed by atoms with E-state index in [-0.39, 0.29) is 18.1 Å². The maximum Gasteiger partial charge on any atom is 0.269 e. The van der Waals surface area contributed by atoms with Crippen LogP contribution in [0.25, 0.3) is 0 Å². The number of aryl methyl sites for hydroxylation is 1. The standard InChI is InChI=1S/C13H14N4O4/c1-9-7-12(15-21-9)14-13(18)8-16(2)10-3-5-11(6-4-10)17(19)20/h3-7H,8H2,1-2H3,(H,14,15,18). The largest absolute Gasteiger partial charge is 0.365 e. The Hall–Kier alpha value is -2.90. The van der Waals surface area contributed by atoms with E-state index in [1.54, 1.807) is 37.1 Å². The van der Waals surface area contributed by atoms with E-state index in [0.29, 0.717) is 17.3 Å². The van der Waals surface area contributed by atoms with Gasteiger partial charge in [0, 0.05) is 30.9 Å². The van der Waals surface area contributed by atoms with E-state index in [9.17, 15) is 14.9 Å². The molecule has 1 aromatic heterocycles. The van der Waals surface area contributed by atoms with Crippen LogP contribution in [-0.4, -0.2) is 29.6 Å². The number of benzene rings is 1. The molecule has 8 heteroatoms. The third-order valence-electron chi connectivity index (χ3n) is 2.78. The average Bonchev–Trinajstić information content (AvgIpc) is 2.83. The van der Waals surface area contributed by atoms with Crippen molar-refractivity contribution in [2.24, 2.45) is 0 Å². The fourth-order valence-electron chi connectivity index (χ4n) is 1.74. The quantitative estimate of drug-likeness (QED) is 0.667. The number of rotatable bonds is 5. The Bertz CT molecular complexity index is 650. The van der Waals surface area contributed by atoms with E-state index >= 15 is 0 Å². The van der Waals surface area contributed by atoms with Crippen molar-refractivity contribution in [1.29, 1.82) is 0 Å². The van der Waals surface area contributed by atoms with Gasteiger partial charge >= 0.3 is 0 Å². The maximum atomic E-state index is 11.8. The van der Waals surface area contributed by atoms with Gasteiger partial charge in [0.25, 0.3) is 5.69 Å². The molecule has 1 heterocycles. The van der Waals surface area contributed by atoms with Crippen molar-refractivity contribution in [3.63, 3.8) is 0 Å². The van der Waals surface area contributed by atoms with E-state index in [0.717, 1.165) is 0 Å². The van der Waals surface area contributed by atoms with E-state index < -0.39 is 4.92 Å². The van der Waals surface area contributed by atoms with Crippen LogP contribution in [-0.2, 0) is 4.79 Å². The van der Waals surface area contributed by atoms with Gasteiger partial charge in [-0.2, -0.15) is 0 Å². The number of nitrogens with zero attached hydrogens (tertiary/aromatic N) is 3. The highest BCUT2D eigenvalue weighted by Gasteiger charge is 2.11. The first-order chi connectivity index (χ1) is 9.95. The van der Waals surface area contributed by atoms with E-state index in [2.05, 4.69) is 10.5 Å². The molecule has 2 aromatic rings. The molecule has 0 aliphatic heterocycles. The molecule has 0 radical (unpaired) electrons. The van der Waals surface area contributed by atoms with Crippen LogP contribution in [0.3, 0.4) is 0 Å². The first kappa shape index (κ1) is 14.5. The normalized spacial score (nSPS) is 10.2. The second-order valence-electron chi connectivity index (χ2n) is 4.50. The van der Waals surface area contributed by atoms with Gasteiger partial charge in [-0.05, 0) is 19.1 Å². The number of carbonyl (C=O) groups is 1. The number of carbonyl (C=O) groups excluding carboxylic acids is 1. The van der Waals surface area contributed by atoms with Crippen LogP contribution in [0.2, 0.25) is 0 Å². The van der Waals surface area contributed by atoms with Gasteiger partial charge in [0.15, 0.2) is 5.82 Å². The van der Waals surface area contributed by atoms with Crippen LogP contribution >= 0.6 is 0 Å². The van der Waals surface area contributed by atoms with E-state index in [1.165, 1.54) is 12.1 Å². The highest BCUT2D eigenvalue weighted by molar-refractivity contribution is 5.93. The van der Waals surface area contributed by atoms with Gasteiger partial charge in [-0.1, -0.05) is 5.16 Å².